The van der Waals surface area contributed by atoms with Gasteiger partial charge in [-0.3, -0.25) is 9.59 Å². The number of carbonyl (C=O) groups is 2. The van der Waals surface area contributed by atoms with Crippen molar-refractivity contribution in [3.8, 4) is 0 Å². The number of aryl methyl sites for hydroxylation is 1. The Morgan fingerprint density at radius 3 is 2.38 bits per heavy atom. The smallest absolute Gasteiger partial charge is 0.251 e. The monoisotopic (exact) mass is 346 g/mol. The standard InChI is InChI=1S/C22H22N2O2/c1-16-6-2-3-7-17(16)12-13-23-21(25)15-24-22(26)20-11-10-18-8-4-5-9-19(18)14-20/h2-11,14H,12-13,15H2,1H3,(H,23,25)(H,24,26). The molecular formula is C22H22N2O2. The molecule has 0 aliphatic heterocycles. The van der Waals surface area contributed by atoms with Crippen LogP contribution in [0, 0.1) is 6.92 Å². The van der Waals surface area contributed by atoms with E-state index in [-0.39, 0.29) is 18.4 Å². The Kier molecular flexibility index (Phi) is 5.64. The lowest BCUT2D eigenvalue weighted by atomic mass is 10.1. The van der Waals surface area contributed by atoms with E-state index in [0.717, 1.165) is 17.2 Å². The molecule has 4 heteroatoms. The summed E-state index contributed by atoms with van der Waals surface area (Å²) in [4.78, 5) is 24.2. The van der Waals surface area contributed by atoms with Crippen LogP contribution in [0.3, 0.4) is 0 Å². The third-order valence-electron chi connectivity index (χ3n) is 4.40. The number of amides is 2. The summed E-state index contributed by atoms with van der Waals surface area (Å²) in [6, 6.07) is 21.5. The summed E-state index contributed by atoms with van der Waals surface area (Å²) in [7, 11) is 0. The second-order valence-electron chi connectivity index (χ2n) is 6.27. The summed E-state index contributed by atoms with van der Waals surface area (Å²) in [5.41, 5.74) is 2.98. The topological polar surface area (TPSA) is 58.2 Å². The van der Waals surface area contributed by atoms with E-state index in [1.165, 1.54) is 11.1 Å². The summed E-state index contributed by atoms with van der Waals surface area (Å²) in [5, 5.41) is 7.60. The maximum absolute atomic E-state index is 12.2. The highest BCUT2D eigenvalue weighted by molar-refractivity contribution is 5.99. The number of hydrogen-bond donors (Lipinski definition) is 2. The largest absolute Gasteiger partial charge is 0.354 e. The van der Waals surface area contributed by atoms with E-state index in [1.54, 1.807) is 6.07 Å². The highest BCUT2D eigenvalue weighted by Crippen LogP contribution is 2.15. The van der Waals surface area contributed by atoms with E-state index in [9.17, 15) is 9.59 Å². The van der Waals surface area contributed by atoms with Gasteiger partial charge in [-0.05, 0) is 47.4 Å². The highest BCUT2D eigenvalue weighted by atomic mass is 16.2. The fraction of sp³-hybridized carbons (Fsp3) is 0.182. The molecule has 0 saturated heterocycles. The lowest BCUT2D eigenvalue weighted by molar-refractivity contribution is -0.120. The zero-order valence-electron chi connectivity index (χ0n) is 14.8. The molecule has 2 amide bonds. The van der Waals surface area contributed by atoms with Gasteiger partial charge in [0.2, 0.25) is 5.91 Å². The molecule has 0 atom stereocenters. The molecule has 0 bridgehead atoms. The van der Waals surface area contributed by atoms with Gasteiger partial charge in [0.05, 0.1) is 6.54 Å². The van der Waals surface area contributed by atoms with E-state index in [1.807, 2.05) is 48.5 Å². The Balaban J connectivity index is 1.47. The maximum atomic E-state index is 12.2. The lowest BCUT2D eigenvalue weighted by Crippen LogP contribution is -2.37. The Morgan fingerprint density at radius 1 is 0.846 bits per heavy atom. The summed E-state index contributed by atoms with van der Waals surface area (Å²) in [6.45, 7) is 2.58. The molecule has 4 nitrogen and oxygen atoms in total. The van der Waals surface area contributed by atoms with Crippen molar-refractivity contribution in [1.82, 2.24) is 10.6 Å². The minimum absolute atomic E-state index is 0.0283. The molecule has 3 aromatic rings. The van der Waals surface area contributed by atoms with Gasteiger partial charge in [-0.1, -0.05) is 54.6 Å². The molecule has 0 fully saturated rings. The van der Waals surface area contributed by atoms with Crippen molar-refractivity contribution in [3.63, 3.8) is 0 Å². The summed E-state index contributed by atoms with van der Waals surface area (Å²) in [6.07, 6.45) is 0.775. The van der Waals surface area contributed by atoms with Gasteiger partial charge in [-0.25, -0.2) is 0 Å². The van der Waals surface area contributed by atoms with Crippen molar-refractivity contribution in [2.45, 2.75) is 13.3 Å². The van der Waals surface area contributed by atoms with Gasteiger partial charge in [-0.15, -0.1) is 0 Å². The van der Waals surface area contributed by atoms with Crippen LogP contribution in [0.1, 0.15) is 21.5 Å². The maximum Gasteiger partial charge on any atom is 0.251 e. The van der Waals surface area contributed by atoms with E-state index in [4.69, 9.17) is 0 Å². The molecule has 0 saturated carbocycles. The minimum Gasteiger partial charge on any atom is -0.354 e. The van der Waals surface area contributed by atoms with Crippen LogP contribution in [0.2, 0.25) is 0 Å². The van der Waals surface area contributed by atoms with Crippen molar-refractivity contribution in [2.75, 3.05) is 13.1 Å². The molecule has 0 aliphatic carbocycles. The van der Waals surface area contributed by atoms with Gasteiger partial charge in [0.25, 0.3) is 5.91 Å². The first-order valence-corrected chi connectivity index (χ1v) is 8.72. The zero-order valence-corrected chi connectivity index (χ0v) is 14.8. The molecule has 0 radical (unpaired) electrons. The molecule has 2 N–H and O–H groups in total. The van der Waals surface area contributed by atoms with Gasteiger partial charge < -0.3 is 10.6 Å². The van der Waals surface area contributed by atoms with Crippen LogP contribution < -0.4 is 10.6 Å². The first-order valence-electron chi connectivity index (χ1n) is 8.72. The summed E-state index contributed by atoms with van der Waals surface area (Å²) in [5.74, 6) is -0.433. The summed E-state index contributed by atoms with van der Waals surface area (Å²) >= 11 is 0. The molecule has 0 unspecified atom stereocenters. The van der Waals surface area contributed by atoms with Crippen LogP contribution in [0.5, 0.6) is 0 Å². The van der Waals surface area contributed by atoms with Gasteiger partial charge in [0, 0.05) is 12.1 Å². The van der Waals surface area contributed by atoms with Gasteiger partial charge in [0.1, 0.15) is 0 Å². The van der Waals surface area contributed by atoms with Crippen LogP contribution in [0.4, 0.5) is 0 Å². The zero-order chi connectivity index (χ0) is 18.4. The Bertz CT molecular complexity index is 934. The number of nitrogens with one attached hydrogen (secondary N) is 2. The molecule has 132 valence electrons. The second-order valence-corrected chi connectivity index (χ2v) is 6.27. The SMILES string of the molecule is Cc1ccccc1CCNC(=O)CNC(=O)c1ccc2ccccc2c1. The fourth-order valence-corrected chi connectivity index (χ4v) is 2.88. The van der Waals surface area contributed by atoms with Gasteiger partial charge in [0.15, 0.2) is 0 Å². The first-order chi connectivity index (χ1) is 12.6. The average Bonchev–Trinajstić information content (AvgIpc) is 2.67. The molecule has 0 spiro atoms. The lowest BCUT2D eigenvalue weighted by Gasteiger charge is -2.09. The van der Waals surface area contributed by atoms with Crippen molar-refractivity contribution in [2.24, 2.45) is 0 Å². The van der Waals surface area contributed by atoms with E-state index in [0.29, 0.717) is 12.1 Å². The normalized spacial score (nSPS) is 10.5. The second kappa shape index (κ2) is 8.30. The van der Waals surface area contributed by atoms with Crippen LogP contribution in [-0.4, -0.2) is 24.9 Å². The number of hydrogen-bond acceptors (Lipinski definition) is 2. The predicted molar refractivity (Wildman–Crippen MR) is 104 cm³/mol. The number of benzene rings is 3. The molecule has 3 aromatic carbocycles. The Hall–Kier alpha value is -3.14. The molecular weight excluding hydrogens is 324 g/mol. The quantitative estimate of drug-likeness (QED) is 0.720. The van der Waals surface area contributed by atoms with E-state index < -0.39 is 0 Å². The van der Waals surface area contributed by atoms with Crippen LogP contribution in [0.25, 0.3) is 10.8 Å². The molecule has 0 aromatic heterocycles. The first kappa shape index (κ1) is 17.7. The third kappa shape index (κ3) is 4.48. The molecule has 26 heavy (non-hydrogen) atoms. The van der Waals surface area contributed by atoms with Crippen LogP contribution in [-0.2, 0) is 11.2 Å². The van der Waals surface area contributed by atoms with Crippen molar-refractivity contribution in [1.29, 1.82) is 0 Å². The Labute approximate surface area is 153 Å². The molecule has 0 heterocycles. The van der Waals surface area contributed by atoms with Crippen LogP contribution in [0.15, 0.2) is 66.7 Å². The van der Waals surface area contributed by atoms with Crippen LogP contribution >= 0.6 is 0 Å². The molecule has 3 rings (SSSR count). The van der Waals surface area contributed by atoms with Gasteiger partial charge >= 0.3 is 0 Å². The van der Waals surface area contributed by atoms with Crippen molar-refractivity contribution < 1.29 is 9.59 Å². The number of fused-ring (bicyclic) bond motifs is 1. The van der Waals surface area contributed by atoms with Crippen molar-refractivity contribution >= 4 is 22.6 Å². The predicted octanol–water partition coefficient (Wildman–Crippen LogP) is 3.24. The van der Waals surface area contributed by atoms with E-state index >= 15 is 0 Å². The number of rotatable bonds is 6. The molecule has 0 aliphatic rings. The highest BCUT2D eigenvalue weighted by Gasteiger charge is 2.08. The Morgan fingerprint density at radius 2 is 1.58 bits per heavy atom. The summed E-state index contributed by atoms with van der Waals surface area (Å²) < 4.78 is 0. The van der Waals surface area contributed by atoms with Crippen molar-refractivity contribution in [3.05, 3.63) is 83.4 Å². The van der Waals surface area contributed by atoms with Gasteiger partial charge in [-0.2, -0.15) is 0 Å². The third-order valence-corrected chi connectivity index (χ3v) is 4.40. The minimum atomic E-state index is -0.246. The fourth-order valence-electron chi connectivity index (χ4n) is 2.88. The average molecular weight is 346 g/mol. The number of carbonyl (C=O) groups excluding carboxylic acids is 2. The van der Waals surface area contributed by atoms with E-state index in [2.05, 4.69) is 29.7 Å².